The quantitative estimate of drug-likeness (QED) is 0.631. The summed E-state index contributed by atoms with van der Waals surface area (Å²) in [6, 6.07) is 17.8. The molecule has 0 spiro atoms. The zero-order valence-electron chi connectivity index (χ0n) is 15.5. The number of amides is 1. The van der Waals surface area contributed by atoms with Crippen molar-refractivity contribution in [2.75, 3.05) is 6.54 Å². The van der Waals surface area contributed by atoms with Crippen molar-refractivity contribution in [1.82, 2.24) is 9.88 Å². The van der Waals surface area contributed by atoms with Gasteiger partial charge in [-0.15, -0.1) is 11.3 Å². The zero-order valence-corrected chi connectivity index (χ0v) is 16.3. The Balaban J connectivity index is 1.40. The van der Waals surface area contributed by atoms with E-state index in [0.29, 0.717) is 13.1 Å². The molecule has 1 atom stereocenters. The van der Waals surface area contributed by atoms with Crippen molar-refractivity contribution < 1.29 is 14.3 Å². The molecule has 0 bridgehead atoms. The zero-order chi connectivity index (χ0) is 19.5. The molecule has 5 nitrogen and oxygen atoms in total. The van der Waals surface area contributed by atoms with Crippen LogP contribution in [-0.4, -0.2) is 34.4 Å². The summed E-state index contributed by atoms with van der Waals surface area (Å²) in [7, 11) is 0. The summed E-state index contributed by atoms with van der Waals surface area (Å²) in [5, 5.41) is 2.41. The van der Waals surface area contributed by atoms with Crippen molar-refractivity contribution in [2.24, 2.45) is 0 Å². The smallest absolute Gasteiger partial charge is 0.358 e. The van der Waals surface area contributed by atoms with Crippen LogP contribution >= 0.6 is 11.3 Å². The van der Waals surface area contributed by atoms with Gasteiger partial charge in [0.2, 0.25) is 0 Å². The van der Waals surface area contributed by atoms with Gasteiger partial charge in [-0.05, 0) is 24.5 Å². The maximum absolute atomic E-state index is 12.7. The molecule has 142 valence electrons. The number of aromatic nitrogens is 1. The molecule has 4 rings (SSSR count). The molecule has 1 aromatic heterocycles. The van der Waals surface area contributed by atoms with Crippen LogP contribution in [0.5, 0.6) is 0 Å². The molecule has 6 heteroatoms. The highest BCUT2D eigenvalue weighted by atomic mass is 32.1. The number of fused-ring (bicyclic) bond motifs is 1. The fourth-order valence-corrected chi connectivity index (χ4v) is 4.09. The first-order chi connectivity index (χ1) is 13.6. The highest BCUT2D eigenvalue weighted by molar-refractivity contribution is 7.13. The lowest BCUT2D eigenvalue weighted by molar-refractivity contribution is -0.140. The molecule has 28 heavy (non-hydrogen) atoms. The summed E-state index contributed by atoms with van der Waals surface area (Å²) in [5.74, 6) is -0.752. The van der Waals surface area contributed by atoms with E-state index in [1.54, 1.807) is 17.2 Å². The molecule has 0 aliphatic carbocycles. The van der Waals surface area contributed by atoms with Crippen LogP contribution in [0.25, 0.3) is 10.6 Å². The van der Waals surface area contributed by atoms with Gasteiger partial charge in [0.1, 0.15) is 5.01 Å². The van der Waals surface area contributed by atoms with E-state index in [0.717, 1.165) is 22.6 Å². The van der Waals surface area contributed by atoms with Gasteiger partial charge in [0.15, 0.2) is 11.8 Å². The number of carbonyl (C=O) groups excluding carboxylic acids is 2. The first-order valence-corrected chi connectivity index (χ1v) is 10.1. The van der Waals surface area contributed by atoms with Crippen LogP contribution in [0.4, 0.5) is 0 Å². The molecule has 0 fully saturated rings. The van der Waals surface area contributed by atoms with Gasteiger partial charge in [-0.2, -0.15) is 0 Å². The number of hydrogen-bond acceptors (Lipinski definition) is 5. The van der Waals surface area contributed by atoms with E-state index >= 15 is 0 Å². The average molecular weight is 392 g/mol. The largest absolute Gasteiger partial charge is 0.448 e. The van der Waals surface area contributed by atoms with E-state index in [-0.39, 0.29) is 11.6 Å². The van der Waals surface area contributed by atoms with E-state index in [1.807, 2.05) is 48.5 Å². The third-order valence-corrected chi connectivity index (χ3v) is 5.70. The van der Waals surface area contributed by atoms with Crippen LogP contribution in [0.15, 0.2) is 60.0 Å². The van der Waals surface area contributed by atoms with Crippen molar-refractivity contribution in [3.8, 4) is 10.6 Å². The van der Waals surface area contributed by atoms with Crippen LogP contribution < -0.4 is 0 Å². The van der Waals surface area contributed by atoms with E-state index in [1.165, 1.54) is 16.9 Å². The van der Waals surface area contributed by atoms with Gasteiger partial charge < -0.3 is 9.64 Å². The van der Waals surface area contributed by atoms with E-state index in [9.17, 15) is 9.59 Å². The number of benzene rings is 2. The Labute approximate surface area is 167 Å². The minimum absolute atomic E-state index is 0.179. The van der Waals surface area contributed by atoms with Gasteiger partial charge in [0.25, 0.3) is 5.91 Å². The van der Waals surface area contributed by atoms with Crippen LogP contribution in [0.1, 0.15) is 28.5 Å². The Hall–Kier alpha value is -2.99. The minimum Gasteiger partial charge on any atom is -0.448 e. The summed E-state index contributed by atoms with van der Waals surface area (Å²) in [4.78, 5) is 31.3. The lowest BCUT2D eigenvalue weighted by atomic mass is 9.99. The molecule has 1 aliphatic heterocycles. The monoisotopic (exact) mass is 392 g/mol. The van der Waals surface area contributed by atoms with Gasteiger partial charge in [0.05, 0.1) is 0 Å². The van der Waals surface area contributed by atoms with E-state index < -0.39 is 12.1 Å². The summed E-state index contributed by atoms with van der Waals surface area (Å²) in [5.41, 5.74) is 3.59. The lowest BCUT2D eigenvalue weighted by Crippen LogP contribution is -2.42. The standard InChI is InChI=1S/C22H20N2O3S/c1-15(21(25)24-12-11-16-7-5-6-10-18(16)13-24)27-22(26)19-14-28-20(23-19)17-8-3-2-4-9-17/h2-10,14-15H,11-13H2,1H3/t15-/m1/s1. The van der Waals surface area contributed by atoms with Crippen molar-refractivity contribution >= 4 is 23.2 Å². The number of esters is 1. The van der Waals surface area contributed by atoms with Crippen LogP contribution in [0.2, 0.25) is 0 Å². The number of carbonyl (C=O) groups is 2. The maximum Gasteiger partial charge on any atom is 0.358 e. The predicted molar refractivity (Wildman–Crippen MR) is 108 cm³/mol. The topological polar surface area (TPSA) is 59.5 Å². The molecule has 0 N–H and O–H groups in total. The van der Waals surface area contributed by atoms with Gasteiger partial charge in [0, 0.05) is 24.0 Å². The Morgan fingerprint density at radius 1 is 1.07 bits per heavy atom. The highest BCUT2D eigenvalue weighted by Crippen LogP contribution is 2.24. The number of nitrogens with zero attached hydrogens (tertiary/aromatic N) is 2. The fraction of sp³-hybridized carbons (Fsp3) is 0.227. The SMILES string of the molecule is C[C@@H](OC(=O)c1csc(-c2ccccc2)n1)C(=O)N1CCc2ccccc2C1. The molecule has 0 unspecified atom stereocenters. The van der Waals surface area contributed by atoms with Crippen molar-refractivity contribution in [2.45, 2.75) is 26.0 Å². The first-order valence-electron chi connectivity index (χ1n) is 9.19. The molecule has 3 aromatic rings. The summed E-state index contributed by atoms with van der Waals surface area (Å²) in [6.07, 6.45) is -0.0330. The number of hydrogen-bond donors (Lipinski definition) is 0. The maximum atomic E-state index is 12.7. The van der Waals surface area contributed by atoms with Crippen LogP contribution in [-0.2, 0) is 22.5 Å². The second-order valence-corrected chi connectivity index (χ2v) is 7.59. The van der Waals surface area contributed by atoms with Crippen molar-refractivity contribution in [3.63, 3.8) is 0 Å². The molecule has 2 aromatic carbocycles. The van der Waals surface area contributed by atoms with Crippen molar-refractivity contribution in [1.29, 1.82) is 0 Å². The summed E-state index contributed by atoms with van der Waals surface area (Å²) in [6.45, 7) is 2.80. The summed E-state index contributed by atoms with van der Waals surface area (Å²) < 4.78 is 5.40. The van der Waals surface area contributed by atoms with Gasteiger partial charge >= 0.3 is 5.97 Å². The number of thiazole rings is 1. The lowest BCUT2D eigenvalue weighted by Gasteiger charge is -2.30. The Morgan fingerprint density at radius 3 is 2.57 bits per heavy atom. The molecule has 1 aliphatic rings. The van der Waals surface area contributed by atoms with Gasteiger partial charge in [-0.25, -0.2) is 9.78 Å². The molecule has 0 saturated carbocycles. The summed E-state index contributed by atoms with van der Waals surface area (Å²) >= 11 is 1.38. The van der Waals surface area contributed by atoms with Crippen molar-refractivity contribution in [3.05, 3.63) is 76.8 Å². The molecular weight excluding hydrogens is 372 g/mol. The number of ether oxygens (including phenoxy) is 1. The van der Waals surface area contributed by atoms with Crippen LogP contribution in [0, 0.1) is 0 Å². The third kappa shape index (κ3) is 3.82. The van der Waals surface area contributed by atoms with E-state index in [2.05, 4.69) is 11.1 Å². The normalized spacial score (nSPS) is 14.2. The van der Waals surface area contributed by atoms with Gasteiger partial charge in [-0.1, -0.05) is 54.6 Å². The molecular formula is C22H20N2O3S. The highest BCUT2D eigenvalue weighted by Gasteiger charge is 2.27. The Morgan fingerprint density at radius 2 is 1.79 bits per heavy atom. The van der Waals surface area contributed by atoms with Crippen LogP contribution in [0.3, 0.4) is 0 Å². The van der Waals surface area contributed by atoms with Gasteiger partial charge in [-0.3, -0.25) is 4.79 Å². The second kappa shape index (κ2) is 7.94. The minimum atomic E-state index is -0.848. The average Bonchev–Trinajstić information content (AvgIpc) is 3.24. The number of rotatable bonds is 4. The molecule has 0 saturated heterocycles. The third-order valence-electron chi connectivity index (χ3n) is 4.81. The second-order valence-electron chi connectivity index (χ2n) is 6.73. The molecule has 1 amide bonds. The Bertz CT molecular complexity index is 1000. The Kier molecular flexibility index (Phi) is 5.21. The molecule has 0 radical (unpaired) electrons. The predicted octanol–water partition coefficient (Wildman–Crippen LogP) is 3.94. The first kappa shape index (κ1) is 18.4. The molecule has 2 heterocycles. The fourth-order valence-electron chi connectivity index (χ4n) is 3.29. The van der Waals surface area contributed by atoms with E-state index in [4.69, 9.17) is 4.74 Å².